The Bertz CT molecular complexity index is 1040. The van der Waals surface area contributed by atoms with Crippen molar-refractivity contribution in [2.45, 2.75) is 29.3 Å². The van der Waals surface area contributed by atoms with Crippen molar-refractivity contribution in [1.29, 1.82) is 0 Å². The van der Waals surface area contributed by atoms with Gasteiger partial charge in [0.15, 0.2) is 0 Å². The number of alkyl halides is 3. The molecule has 2 aliphatic rings. The van der Waals surface area contributed by atoms with E-state index in [0.717, 1.165) is 12.1 Å². The summed E-state index contributed by atoms with van der Waals surface area (Å²) in [6, 6.07) is 12.4. The van der Waals surface area contributed by atoms with Gasteiger partial charge in [-0.1, -0.05) is 24.3 Å². The van der Waals surface area contributed by atoms with Crippen molar-refractivity contribution in [2.24, 2.45) is 0 Å². The molecule has 4 rings (SSSR count). The quantitative estimate of drug-likeness (QED) is 0.651. The Kier molecular flexibility index (Phi) is 6.96. The molecule has 0 bridgehead atoms. The van der Waals surface area contributed by atoms with Crippen LogP contribution in [0.3, 0.4) is 0 Å². The normalized spacial score (nSPS) is 24.8. The zero-order valence-corrected chi connectivity index (χ0v) is 18.6. The number of aliphatic hydroxyl groups is 1. The van der Waals surface area contributed by atoms with Crippen LogP contribution >= 0.6 is 0 Å². The van der Waals surface area contributed by atoms with E-state index in [9.17, 15) is 26.7 Å². The van der Waals surface area contributed by atoms with Gasteiger partial charge < -0.3 is 14.7 Å². The fourth-order valence-corrected chi connectivity index (χ4v) is 5.39. The molecular formula is C22H26F3N3O4S. The van der Waals surface area contributed by atoms with Crippen LogP contribution in [0.5, 0.6) is 0 Å². The lowest BCUT2D eigenvalue weighted by molar-refractivity contribution is -0.137. The first kappa shape index (κ1) is 24.0. The predicted octanol–water partition coefficient (Wildman–Crippen LogP) is 1.93. The van der Waals surface area contributed by atoms with Crippen LogP contribution < -0.4 is 9.62 Å². The summed E-state index contributed by atoms with van der Waals surface area (Å²) in [5, 5.41) is 10.6. The van der Waals surface area contributed by atoms with E-state index in [1.807, 2.05) is 4.90 Å². The van der Waals surface area contributed by atoms with Crippen LogP contribution in [0.1, 0.15) is 5.56 Å². The van der Waals surface area contributed by atoms with Gasteiger partial charge in [-0.05, 0) is 30.3 Å². The highest BCUT2D eigenvalue weighted by atomic mass is 32.2. The van der Waals surface area contributed by atoms with E-state index < -0.39 is 40.0 Å². The third-order valence-corrected chi connectivity index (χ3v) is 7.50. The molecule has 2 saturated heterocycles. The number of sulfonamides is 1. The van der Waals surface area contributed by atoms with Gasteiger partial charge in [0.1, 0.15) is 0 Å². The Labute approximate surface area is 190 Å². The highest BCUT2D eigenvalue weighted by Crippen LogP contribution is 2.32. The monoisotopic (exact) mass is 485 g/mol. The molecule has 0 unspecified atom stereocenters. The first-order valence-electron chi connectivity index (χ1n) is 10.6. The third kappa shape index (κ3) is 5.67. The van der Waals surface area contributed by atoms with Crippen molar-refractivity contribution in [2.75, 3.05) is 44.2 Å². The van der Waals surface area contributed by atoms with Crippen LogP contribution in [-0.4, -0.2) is 76.0 Å². The largest absolute Gasteiger partial charge is 0.416 e. The van der Waals surface area contributed by atoms with Crippen molar-refractivity contribution in [1.82, 2.24) is 9.62 Å². The average Bonchev–Trinajstić information content (AvgIpc) is 3.13. The molecule has 2 fully saturated rings. The first-order valence-corrected chi connectivity index (χ1v) is 12.1. The van der Waals surface area contributed by atoms with Crippen LogP contribution in [0, 0.1) is 0 Å². The van der Waals surface area contributed by atoms with E-state index in [-0.39, 0.29) is 11.5 Å². The van der Waals surface area contributed by atoms with Gasteiger partial charge in [-0.2, -0.15) is 13.2 Å². The van der Waals surface area contributed by atoms with Crippen LogP contribution in [0.2, 0.25) is 0 Å². The molecule has 0 spiro atoms. The van der Waals surface area contributed by atoms with Gasteiger partial charge in [-0.3, -0.25) is 4.90 Å². The summed E-state index contributed by atoms with van der Waals surface area (Å²) in [6.07, 6.45) is -5.95. The highest BCUT2D eigenvalue weighted by molar-refractivity contribution is 7.89. The van der Waals surface area contributed by atoms with Gasteiger partial charge in [0.2, 0.25) is 10.0 Å². The summed E-state index contributed by atoms with van der Waals surface area (Å²) in [6.45, 7) is 2.71. The number of hydrogen-bond donors (Lipinski definition) is 2. The van der Waals surface area contributed by atoms with E-state index in [1.165, 1.54) is 18.2 Å². The number of nitrogens with one attached hydrogen (secondary N) is 1. The maximum absolute atomic E-state index is 13.0. The second kappa shape index (κ2) is 9.59. The zero-order chi connectivity index (χ0) is 23.6. The maximum atomic E-state index is 13.0. The molecule has 2 aromatic carbocycles. The van der Waals surface area contributed by atoms with Crippen molar-refractivity contribution in [3.05, 3.63) is 60.2 Å². The number of benzene rings is 2. The predicted molar refractivity (Wildman–Crippen MR) is 116 cm³/mol. The topological polar surface area (TPSA) is 82.1 Å². The number of aliphatic hydroxyl groups excluding tert-OH is 1. The molecule has 3 atom stereocenters. The number of halogens is 3. The van der Waals surface area contributed by atoms with Gasteiger partial charge in [0.05, 0.1) is 35.3 Å². The molecule has 0 radical (unpaired) electrons. The van der Waals surface area contributed by atoms with Crippen molar-refractivity contribution >= 4 is 15.7 Å². The fraction of sp³-hybridized carbons (Fsp3) is 0.455. The molecule has 33 heavy (non-hydrogen) atoms. The van der Waals surface area contributed by atoms with Crippen LogP contribution in [0.4, 0.5) is 18.9 Å². The molecule has 11 heteroatoms. The third-order valence-electron chi connectivity index (χ3n) is 5.99. The van der Waals surface area contributed by atoms with Crippen molar-refractivity contribution < 1.29 is 31.4 Å². The molecule has 7 nitrogen and oxygen atoms in total. The van der Waals surface area contributed by atoms with Gasteiger partial charge in [0, 0.05) is 38.4 Å². The van der Waals surface area contributed by atoms with Crippen molar-refractivity contribution in [3.8, 4) is 0 Å². The lowest BCUT2D eigenvalue weighted by atomic mass is 10.1. The van der Waals surface area contributed by atoms with Gasteiger partial charge >= 0.3 is 6.18 Å². The van der Waals surface area contributed by atoms with Crippen molar-refractivity contribution in [3.63, 3.8) is 0 Å². The number of nitrogens with zero attached hydrogens (tertiary/aromatic N) is 2. The highest BCUT2D eigenvalue weighted by Gasteiger charge is 2.39. The van der Waals surface area contributed by atoms with Gasteiger partial charge in [0.25, 0.3) is 0 Å². The molecule has 0 amide bonds. The summed E-state index contributed by atoms with van der Waals surface area (Å²) in [5.74, 6) is 0. The Balaban J connectivity index is 1.30. The number of rotatable bonds is 6. The van der Waals surface area contributed by atoms with E-state index in [0.29, 0.717) is 38.4 Å². The molecule has 2 N–H and O–H groups in total. The minimum absolute atomic E-state index is 0.0576. The number of anilines is 1. The summed E-state index contributed by atoms with van der Waals surface area (Å²) in [5.41, 5.74) is -0.147. The summed E-state index contributed by atoms with van der Waals surface area (Å²) >= 11 is 0. The lowest BCUT2D eigenvalue weighted by Crippen LogP contribution is -2.51. The minimum Gasteiger partial charge on any atom is -0.389 e. The molecular weight excluding hydrogens is 459 g/mol. The maximum Gasteiger partial charge on any atom is 0.416 e. The number of piperazine rings is 1. The number of ether oxygens (including phenoxy) is 1. The standard InChI is InChI=1S/C22H26F3N3O4S/c23-22(24,25)16-5-4-6-17(13-16)28-11-9-27(10-12-28)14-20-21(29)19(15-32-20)26-33(30,31)18-7-2-1-3-8-18/h1-8,13,19-21,26,29H,9-12,14-15H2/t19-,20-,21+/m0/s1. The SMILES string of the molecule is O=S(=O)(N[C@H]1CO[C@@H](CN2CCN(c3cccc(C(F)(F)F)c3)CC2)[C@@H]1O)c1ccccc1. The van der Waals surface area contributed by atoms with Crippen LogP contribution in [-0.2, 0) is 20.9 Å². The Morgan fingerprint density at radius 3 is 2.39 bits per heavy atom. The smallest absolute Gasteiger partial charge is 0.389 e. The van der Waals surface area contributed by atoms with E-state index in [2.05, 4.69) is 9.62 Å². The zero-order valence-electron chi connectivity index (χ0n) is 17.8. The summed E-state index contributed by atoms with van der Waals surface area (Å²) in [7, 11) is -3.78. The first-order chi connectivity index (χ1) is 15.6. The van der Waals surface area contributed by atoms with Gasteiger partial charge in [-0.25, -0.2) is 13.1 Å². The van der Waals surface area contributed by atoms with E-state index >= 15 is 0 Å². The minimum atomic E-state index is -4.38. The Morgan fingerprint density at radius 1 is 1.03 bits per heavy atom. The summed E-state index contributed by atoms with van der Waals surface area (Å²) < 4.78 is 72.2. The molecule has 0 aliphatic carbocycles. The van der Waals surface area contributed by atoms with E-state index in [4.69, 9.17) is 4.74 Å². The van der Waals surface area contributed by atoms with Crippen LogP contribution in [0.15, 0.2) is 59.5 Å². The van der Waals surface area contributed by atoms with E-state index in [1.54, 1.807) is 24.3 Å². The lowest BCUT2D eigenvalue weighted by Gasteiger charge is -2.37. The van der Waals surface area contributed by atoms with Gasteiger partial charge in [-0.15, -0.1) is 0 Å². The Hall–Kier alpha value is -2.18. The molecule has 2 aromatic rings. The Morgan fingerprint density at radius 2 is 1.73 bits per heavy atom. The van der Waals surface area contributed by atoms with Crippen LogP contribution in [0.25, 0.3) is 0 Å². The fourth-order valence-electron chi connectivity index (χ4n) is 4.14. The second-order valence-electron chi connectivity index (χ2n) is 8.24. The molecule has 0 aromatic heterocycles. The molecule has 2 heterocycles. The average molecular weight is 486 g/mol. The molecule has 180 valence electrons. The molecule has 0 saturated carbocycles. The molecule has 2 aliphatic heterocycles. The second-order valence-corrected chi connectivity index (χ2v) is 9.95. The summed E-state index contributed by atoms with van der Waals surface area (Å²) in [4.78, 5) is 4.08. The number of hydrogen-bond acceptors (Lipinski definition) is 6.